The highest BCUT2D eigenvalue weighted by Crippen LogP contribution is 2.42. The lowest BCUT2D eigenvalue weighted by molar-refractivity contribution is -0.143. The minimum absolute atomic E-state index is 0.0132. The molecule has 0 unspecified atom stereocenters. The fourth-order valence-corrected chi connectivity index (χ4v) is 6.56. The molecular formula is C32H37FN4O6. The molecule has 0 bridgehead atoms. The maximum absolute atomic E-state index is 13.8. The highest BCUT2D eigenvalue weighted by Gasteiger charge is 2.50. The Hall–Kier alpha value is -4.28. The average molecular weight is 593 g/mol. The lowest BCUT2D eigenvalue weighted by Crippen LogP contribution is -2.55. The Balaban J connectivity index is 1.26. The number of carbonyl (C=O) groups excluding carboxylic acids is 5. The largest absolute Gasteiger partial charge is 0.484 e. The van der Waals surface area contributed by atoms with E-state index in [1.807, 2.05) is 12.1 Å². The maximum atomic E-state index is 13.8. The first-order valence-corrected chi connectivity index (χ1v) is 14.9. The first-order valence-electron chi connectivity index (χ1n) is 14.9. The summed E-state index contributed by atoms with van der Waals surface area (Å²) >= 11 is 0. The smallest absolute Gasteiger partial charge is 0.289 e. The molecule has 1 saturated carbocycles. The molecule has 3 fully saturated rings. The standard InChI is InChI=1S/C32H37FN4O6/c1-2-34-32(42)29(39)26(16-21-14-15-35-30(21)40)36-31(41)28-25-5-3-4-22(25)17-37(28)27(38)18-43-24-12-8-20(9-13-24)19-6-10-23(33)11-7-19/h6-13,21-22,25-26,28H,2-5,14-18H2,1H3,(H,34,42)(H,35,40)(H,36,41)/t21-,22-,25-,26-,28-/m0/s1. The van der Waals surface area contributed by atoms with Gasteiger partial charge in [0.2, 0.25) is 17.6 Å². The van der Waals surface area contributed by atoms with E-state index in [4.69, 9.17) is 4.74 Å². The van der Waals surface area contributed by atoms with Crippen molar-refractivity contribution in [2.24, 2.45) is 17.8 Å². The summed E-state index contributed by atoms with van der Waals surface area (Å²) < 4.78 is 19.0. The van der Waals surface area contributed by atoms with Crippen molar-refractivity contribution in [1.29, 1.82) is 0 Å². The molecule has 43 heavy (non-hydrogen) atoms. The molecule has 1 aliphatic carbocycles. The Morgan fingerprint density at radius 2 is 1.72 bits per heavy atom. The quantitative estimate of drug-likeness (QED) is 0.343. The summed E-state index contributed by atoms with van der Waals surface area (Å²) in [5, 5.41) is 7.96. The van der Waals surface area contributed by atoms with Crippen LogP contribution in [-0.2, 0) is 24.0 Å². The number of benzene rings is 2. The minimum atomic E-state index is -1.18. The van der Waals surface area contributed by atoms with Gasteiger partial charge in [-0.05, 0) is 79.8 Å². The predicted molar refractivity (Wildman–Crippen MR) is 155 cm³/mol. The van der Waals surface area contributed by atoms with Gasteiger partial charge in [-0.15, -0.1) is 0 Å². The zero-order chi connectivity index (χ0) is 30.5. The van der Waals surface area contributed by atoms with Crippen molar-refractivity contribution in [3.05, 3.63) is 54.3 Å². The molecule has 2 aliphatic heterocycles. The molecule has 2 heterocycles. The Bertz CT molecular complexity index is 1360. The van der Waals surface area contributed by atoms with Crippen LogP contribution in [0.3, 0.4) is 0 Å². The Morgan fingerprint density at radius 1 is 1.02 bits per heavy atom. The Labute approximate surface area is 249 Å². The second kappa shape index (κ2) is 13.4. The van der Waals surface area contributed by atoms with Crippen molar-refractivity contribution in [3.63, 3.8) is 0 Å². The SMILES string of the molecule is CCNC(=O)C(=O)[C@H](C[C@@H]1CCNC1=O)NC(=O)[C@@H]1[C@H]2CCC[C@H]2CN1C(=O)COc1ccc(-c2ccc(F)cc2)cc1. The van der Waals surface area contributed by atoms with E-state index in [1.165, 1.54) is 17.0 Å². The van der Waals surface area contributed by atoms with Crippen LogP contribution in [0.1, 0.15) is 39.0 Å². The van der Waals surface area contributed by atoms with Gasteiger partial charge >= 0.3 is 0 Å². The summed E-state index contributed by atoms with van der Waals surface area (Å²) in [7, 11) is 0. The van der Waals surface area contributed by atoms with Crippen LogP contribution < -0.4 is 20.7 Å². The highest BCUT2D eigenvalue weighted by atomic mass is 19.1. The number of Topliss-reactive ketones (excluding diaryl/α,β-unsaturated/α-hetero) is 1. The molecular weight excluding hydrogens is 555 g/mol. The first-order chi connectivity index (χ1) is 20.7. The number of hydrogen-bond donors (Lipinski definition) is 3. The molecule has 10 nitrogen and oxygen atoms in total. The van der Waals surface area contributed by atoms with Gasteiger partial charge in [0.15, 0.2) is 6.61 Å². The number of ether oxygens (including phenoxy) is 1. The van der Waals surface area contributed by atoms with Crippen LogP contribution in [0.2, 0.25) is 0 Å². The van der Waals surface area contributed by atoms with Crippen LogP contribution in [0, 0.1) is 23.6 Å². The van der Waals surface area contributed by atoms with E-state index in [1.54, 1.807) is 31.2 Å². The van der Waals surface area contributed by atoms with Gasteiger partial charge in [-0.25, -0.2) is 4.39 Å². The van der Waals surface area contributed by atoms with Crippen molar-refractivity contribution in [3.8, 4) is 16.9 Å². The molecule has 5 atom stereocenters. The van der Waals surface area contributed by atoms with Gasteiger partial charge < -0.3 is 25.6 Å². The van der Waals surface area contributed by atoms with E-state index < -0.39 is 35.6 Å². The number of hydrogen-bond acceptors (Lipinski definition) is 6. The third-order valence-corrected chi connectivity index (χ3v) is 8.75. The molecule has 2 aromatic carbocycles. The second-order valence-electron chi connectivity index (χ2n) is 11.5. The number of ketones is 1. The van der Waals surface area contributed by atoms with Gasteiger partial charge in [0.1, 0.15) is 17.6 Å². The number of amides is 4. The van der Waals surface area contributed by atoms with Crippen LogP contribution in [-0.4, -0.2) is 72.6 Å². The summed E-state index contributed by atoms with van der Waals surface area (Å²) in [6.45, 7) is 2.55. The van der Waals surface area contributed by atoms with Gasteiger partial charge in [-0.3, -0.25) is 24.0 Å². The van der Waals surface area contributed by atoms with Crippen LogP contribution in [0.25, 0.3) is 11.1 Å². The number of fused-ring (bicyclic) bond motifs is 1. The van der Waals surface area contributed by atoms with E-state index in [0.29, 0.717) is 25.3 Å². The van der Waals surface area contributed by atoms with Crippen molar-refractivity contribution >= 4 is 29.4 Å². The summed E-state index contributed by atoms with van der Waals surface area (Å²) in [6, 6.07) is 11.3. The van der Waals surface area contributed by atoms with E-state index >= 15 is 0 Å². The van der Waals surface area contributed by atoms with Crippen molar-refractivity contribution in [1.82, 2.24) is 20.9 Å². The molecule has 3 aliphatic rings. The number of likely N-dealkylation sites (tertiary alicyclic amines) is 1. The highest BCUT2D eigenvalue weighted by molar-refractivity contribution is 6.38. The average Bonchev–Trinajstić information content (AvgIpc) is 3.72. The van der Waals surface area contributed by atoms with Crippen LogP contribution in [0.4, 0.5) is 4.39 Å². The predicted octanol–water partition coefficient (Wildman–Crippen LogP) is 2.21. The van der Waals surface area contributed by atoms with E-state index in [9.17, 15) is 28.4 Å². The summed E-state index contributed by atoms with van der Waals surface area (Å²) in [5.41, 5.74) is 1.72. The third kappa shape index (κ3) is 6.87. The van der Waals surface area contributed by atoms with Gasteiger partial charge in [0.25, 0.3) is 11.8 Å². The molecule has 11 heteroatoms. The summed E-state index contributed by atoms with van der Waals surface area (Å²) in [6.07, 6.45) is 3.14. The van der Waals surface area contributed by atoms with E-state index in [-0.39, 0.29) is 49.0 Å². The molecule has 3 N–H and O–H groups in total. The number of carbonyl (C=O) groups is 5. The summed E-state index contributed by atoms with van der Waals surface area (Å²) in [5.74, 6) is -2.91. The van der Waals surface area contributed by atoms with Gasteiger partial charge in [-0.1, -0.05) is 30.7 Å². The molecule has 0 spiro atoms. The second-order valence-corrected chi connectivity index (χ2v) is 11.5. The fraction of sp³-hybridized carbons (Fsp3) is 0.469. The van der Waals surface area contributed by atoms with Crippen LogP contribution >= 0.6 is 0 Å². The van der Waals surface area contributed by atoms with Gasteiger partial charge in [0, 0.05) is 25.6 Å². The van der Waals surface area contributed by atoms with Crippen molar-refractivity contribution < 1.29 is 33.1 Å². The molecule has 5 rings (SSSR count). The molecule has 2 saturated heterocycles. The van der Waals surface area contributed by atoms with E-state index in [2.05, 4.69) is 16.0 Å². The number of likely N-dealkylation sites (N-methyl/N-ethyl adjacent to an activating group) is 1. The lowest BCUT2D eigenvalue weighted by atomic mass is 9.91. The topological polar surface area (TPSA) is 134 Å². The number of nitrogens with one attached hydrogen (secondary N) is 3. The maximum Gasteiger partial charge on any atom is 0.289 e. The molecule has 2 aromatic rings. The fourth-order valence-electron chi connectivity index (χ4n) is 6.56. The monoisotopic (exact) mass is 592 g/mol. The Morgan fingerprint density at radius 3 is 2.37 bits per heavy atom. The van der Waals surface area contributed by atoms with Crippen LogP contribution in [0.5, 0.6) is 5.75 Å². The van der Waals surface area contributed by atoms with Gasteiger partial charge in [0.05, 0.1) is 6.04 Å². The van der Waals surface area contributed by atoms with Gasteiger partial charge in [-0.2, -0.15) is 0 Å². The molecule has 0 aromatic heterocycles. The zero-order valence-corrected chi connectivity index (χ0v) is 24.1. The minimum Gasteiger partial charge on any atom is -0.484 e. The first kappa shape index (κ1) is 30.2. The van der Waals surface area contributed by atoms with Crippen molar-refractivity contribution in [2.75, 3.05) is 26.2 Å². The summed E-state index contributed by atoms with van der Waals surface area (Å²) in [4.78, 5) is 66.4. The van der Waals surface area contributed by atoms with E-state index in [0.717, 1.165) is 30.4 Å². The number of halogens is 1. The third-order valence-electron chi connectivity index (χ3n) is 8.75. The molecule has 0 radical (unpaired) electrons. The number of nitrogens with zero attached hydrogens (tertiary/aromatic N) is 1. The molecule has 228 valence electrons. The number of rotatable bonds is 11. The molecule has 4 amide bonds. The van der Waals surface area contributed by atoms with Crippen molar-refractivity contribution in [2.45, 2.75) is 51.1 Å². The Kier molecular flexibility index (Phi) is 9.37. The zero-order valence-electron chi connectivity index (χ0n) is 24.1. The lowest BCUT2D eigenvalue weighted by Gasteiger charge is -2.29. The van der Waals surface area contributed by atoms with Crippen LogP contribution in [0.15, 0.2) is 48.5 Å². The normalized spacial score (nSPS) is 23.3.